The normalized spacial score (nSPS) is 17.7. The number of carboxylic acids is 1. The highest BCUT2D eigenvalue weighted by Crippen LogP contribution is 2.37. The molecule has 1 aliphatic rings. The Kier molecular flexibility index (Phi) is 4.53. The molecule has 1 aromatic carbocycles. The van der Waals surface area contributed by atoms with E-state index in [-0.39, 0.29) is 12.0 Å². The summed E-state index contributed by atoms with van der Waals surface area (Å²) in [6.07, 6.45) is 1.71. The largest absolute Gasteiger partial charge is 0.486 e. The minimum atomic E-state index is -1.16. The first-order chi connectivity index (χ1) is 9.88. The van der Waals surface area contributed by atoms with Crippen LogP contribution in [0.25, 0.3) is 0 Å². The highest BCUT2D eigenvalue weighted by atomic mass is 35.5. The lowest BCUT2D eigenvalue weighted by atomic mass is 10.0. The Labute approximate surface area is 127 Å². The molecule has 0 aliphatic carbocycles. The molecule has 1 aliphatic heterocycles. The Morgan fingerprint density at radius 1 is 1.43 bits per heavy atom. The Bertz CT molecular complexity index is 597. The van der Waals surface area contributed by atoms with Crippen LogP contribution in [0.15, 0.2) is 30.4 Å². The molecule has 0 saturated carbocycles. The van der Waals surface area contributed by atoms with E-state index >= 15 is 0 Å². The molecule has 112 valence electrons. The molecule has 0 spiro atoms. The number of ether oxygens (including phenoxy) is 1. The SMILES string of the molecule is CC(C)C1CN(C(=O)C=CC(=O)O)c2ccc(Cl)cc2O1. The van der Waals surface area contributed by atoms with E-state index in [2.05, 4.69) is 0 Å². The van der Waals surface area contributed by atoms with Crippen LogP contribution in [0.3, 0.4) is 0 Å². The second kappa shape index (κ2) is 6.18. The third kappa shape index (κ3) is 3.55. The highest BCUT2D eigenvalue weighted by molar-refractivity contribution is 6.30. The topological polar surface area (TPSA) is 66.8 Å². The monoisotopic (exact) mass is 309 g/mol. The lowest BCUT2D eigenvalue weighted by Gasteiger charge is -2.36. The highest BCUT2D eigenvalue weighted by Gasteiger charge is 2.30. The van der Waals surface area contributed by atoms with Gasteiger partial charge in [-0.05, 0) is 18.1 Å². The molecule has 1 aromatic rings. The van der Waals surface area contributed by atoms with E-state index in [0.717, 1.165) is 12.2 Å². The lowest BCUT2D eigenvalue weighted by molar-refractivity contribution is -0.131. The van der Waals surface area contributed by atoms with Crippen molar-refractivity contribution in [2.24, 2.45) is 5.92 Å². The van der Waals surface area contributed by atoms with Crippen molar-refractivity contribution in [3.8, 4) is 5.75 Å². The molecule has 0 fully saturated rings. The smallest absolute Gasteiger partial charge is 0.328 e. The van der Waals surface area contributed by atoms with E-state index in [1.165, 1.54) is 4.90 Å². The van der Waals surface area contributed by atoms with Crippen LogP contribution in [0, 0.1) is 5.92 Å². The number of carboxylic acid groups (broad SMARTS) is 1. The summed E-state index contributed by atoms with van der Waals surface area (Å²) in [5, 5.41) is 9.15. The van der Waals surface area contributed by atoms with Gasteiger partial charge in [-0.1, -0.05) is 25.4 Å². The van der Waals surface area contributed by atoms with Crippen LogP contribution < -0.4 is 9.64 Å². The number of rotatable bonds is 3. The van der Waals surface area contributed by atoms with Crippen LogP contribution in [0.4, 0.5) is 5.69 Å². The third-order valence-electron chi connectivity index (χ3n) is 3.23. The van der Waals surface area contributed by atoms with Gasteiger partial charge in [-0.15, -0.1) is 0 Å². The number of hydrogen-bond donors (Lipinski definition) is 1. The average molecular weight is 310 g/mol. The van der Waals surface area contributed by atoms with Crippen LogP contribution in [0.1, 0.15) is 13.8 Å². The maximum absolute atomic E-state index is 12.2. The molecule has 1 heterocycles. The van der Waals surface area contributed by atoms with Crippen molar-refractivity contribution in [3.63, 3.8) is 0 Å². The van der Waals surface area contributed by atoms with Crippen LogP contribution >= 0.6 is 11.6 Å². The number of amides is 1. The standard InChI is InChI=1S/C15H16ClNO4/c1-9(2)13-8-17(14(18)5-6-15(19)20)11-4-3-10(16)7-12(11)21-13/h3-7,9,13H,8H2,1-2H3,(H,19,20). The summed E-state index contributed by atoms with van der Waals surface area (Å²) in [4.78, 5) is 24.3. The molecule has 0 radical (unpaired) electrons. The summed E-state index contributed by atoms with van der Waals surface area (Å²) in [5.41, 5.74) is 0.594. The van der Waals surface area contributed by atoms with Crippen LogP contribution in [0.5, 0.6) is 5.75 Å². The van der Waals surface area contributed by atoms with Gasteiger partial charge in [-0.25, -0.2) is 4.79 Å². The zero-order valence-electron chi connectivity index (χ0n) is 11.7. The number of benzene rings is 1. The minimum Gasteiger partial charge on any atom is -0.486 e. The van der Waals surface area contributed by atoms with Crippen molar-refractivity contribution >= 4 is 29.2 Å². The molecule has 0 bridgehead atoms. The molecule has 5 nitrogen and oxygen atoms in total. The zero-order valence-corrected chi connectivity index (χ0v) is 12.5. The Morgan fingerprint density at radius 2 is 2.14 bits per heavy atom. The van der Waals surface area contributed by atoms with Crippen molar-refractivity contribution < 1.29 is 19.4 Å². The molecule has 1 amide bonds. The van der Waals surface area contributed by atoms with Crippen LogP contribution in [-0.2, 0) is 9.59 Å². The minimum absolute atomic E-state index is 0.168. The maximum Gasteiger partial charge on any atom is 0.328 e. The van der Waals surface area contributed by atoms with E-state index in [1.807, 2.05) is 13.8 Å². The third-order valence-corrected chi connectivity index (χ3v) is 3.47. The quantitative estimate of drug-likeness (QED) is 0.872. The predicted molar refractivity (Wildman–Crippen MR) is 79.8 cm³/mol. The summed E-state index contributed by atoms with van der Waals surface area (Å²) in [6, 6.07) is 5.02. The fourth-order valence-corrected chi connectivity index (χ4v) is 2.23. The first-order valence-electron chi connectivity index (χ1n) is 6.57. The molecule has 2 rings (SSSR count). The van der Waals surface area contributed by atoms with E-state index in [9.17, 15) is 9.59 Å². The summed E-state index contributed by atoms with van der Waals surface area (Å²) in [5.74, 6) is -0.816. The first-order valence-corrected chi connectivity index (χ1v) is 6.95. The number of halogens is 1. The zero-order chi connectivity index (χ0) is 15.6. The molecule has 1 unspecified atom stereocenters. The van der Waals surface area contributed by atoms with Crippen molar-refractivity contribution in [1.82, 2.24) is 0 Å². The van der Waals surface area contributed by atoms with Gasteiger partial charge in [0.2, 0.25) is 0 Å². The van der Waals surface area contributed by atoms with Gasteiger partial charge in [0.25, 0.3) is 5.91 Å². The van der Waals surface area contributed by atoms with Crippen LogP contribution in [0.2, 0.25) is 5.02 Å². The molecule has 0 saturated heterocycles. The second-order valence-corrected chi connectivity index (χ2v) is 5.57. The summed E-state index contributed by atoms with van der Waals surface area (Å²) >= 11 is 5.96. The predicted octanol–water partition coefficient (Wildman–Crippen LogP) is 2.73. The van der Waals surface area contributed by atoms with Gasteiger partial charge in [0.15, 0.2) is 0 Å². The van der Waals surface area contributed by atoms with Crippen molar-refractivity contribution in [2.75, 3.05) is 11.4 Å². The first kappa shape index (κ1) is 15.4. The van der Waals surface area contributed by atoms with Gasteiger partial charge < -0.3 is 14.7 Å². The number of aliphatic carboxylic acids is 1. The number of hydrogen-bond acceptors (Lipinski definition) is 3. The number of carbonyl (C=O) groups excluding carboxylic acids is 1. The van der Waals surface area contributed by atoms with E-state index in [0.29, 0.717) is 23.0 Å². The average Bonchev–Trinajstić information content (AvgIpc) is 2.42. The number of anilines is 1. The fraction of sp³-hybridized carbons (Fsp3) is 0.333. The summed E-state index contributed by atoms with van der Waals surface area (Å²) in [7, 11) is 0. The van der Waals surface area contributed by atoms with Crippen molar-refractivity contribution in [1.29, 1.82) is 0 Å². The number of fused-ring (bicyclic) bond motifs is 1. The molecule has 1 atom stereocenters. The Balaban J connectivity index is 2.36. The van der Waals surface area contributed by atoms with E-state index in [4.69, 9.17) is 21.4 Å². The molecule has 6 heteroatoms. The molecule has 21 heavy (non-hydrogen) atoms. The van der Waals surface area contributed by atoms with Crippen molar-refractivity contribution in [2.45, 2.75) is 20.0 Å². The lowest BCUT2D eigenvalue weighted by Crippen LogP contribution is -2.45. The van der Waals surface area contributed by atoms with Gasteiger partial charge in [-0.3, -0.25) is 4.79 Å². The molecule has 1 N–H and O–H groups in total. The molecule has 0 aromatic heterocycles. The van der Waals surface area contributed by atoms with Crippen LogP contribution in [-0.4, -0.2) is 29.6 Å². The number of carbonyl (C=O) groups is 2. The van der Waals surface area contributed by atoms with Gasteiger partial charge >= 0.3 is 5.97 Å². The Morgan fingerprint density at radius 3 is 2.76 bits per heavy atom. The van der Waals surface area contributed by atoms with Gasteiger partial charge in [0.1, 0.15) is 11.9 Å². The summed E-state index contributed by atoms with van der Waals surface area (Å²) < 4.78 is 5.86. The van der Waals surface area contributed by atoms with Crippen molar-refractivity contribution in [3.05, 3.63) is 35.4 Å². The van der Waals surface area contributed by atoms with Gasteiger partial charge in [-0.2, -0.15) is 0 Å². The molecular formula is C15H16ClNO4. The van der Waals surface area contributed by atoms with E-state index < -0.39 is 11.9 Å². The molecular weight excluding hydrogens is 294 g/mol. The fourth-order valence-electron chi connectivity index (χ4n) is 2.07. The van der Waals surface area contributed by atoms with Gasteiger partial charge in [0, 0.05) is 23.2 Å². The maximum atomic E-state index is 12.2. The van der Waals surface area contributed by atoms with E-state index in [1.54, 1.807) is 18.2 Å². The second-order valence-electron chi connectivity index (χ2n) is 5.13. The Hall–Kier alpha value is -2.01. The van der Waals surface area contributed by atoms with Gasteiger partial charge in [0.05, 0.1) is 12.2 Å². The number of nitrogens with zero attached hydrogens (tertiary/aromatic N) is 1. The summed E-state index contributed by atoms with van der Waals surface area (Å²) in [6.45, 7) is 4.36.